The average Bonchev–Trinajstić information content (AvgIpc) is 2.66. The summed E-state index contributed by atoms with van der Waals surface area (Å²) in [5, 5.41) is 10.8. The van der Waals surface area contributed by atoms with Gasteiger partial charge in [-0.2, -0.15) is 5.10 Å². The summed E-state index contributed by atoms with van der Waals surface area (Å²) in [6.45, 7) is 5.30. The fourth-order valence-electron chi connectivity index (χ4n) is 2.60. The number of anilines is 2. The lowest BCUT2D eigenvalue weighted by Gasteiger charge is -2.14. The molecule has 5 heteroatoms. The SMILES string of the molecule is CCn1nc(C)c2c1NCC(c1ccccc1)C(=O)N2. The van der Waals surface area contributed by atoms with E-state index in [1.165, 1.54) is 0 Å². The van der Waals surface area contributed by atoms with Crippen LogP contribution in [0.15, 0.2) is 30.3 Å². The molecule has 2 heterocycles. The van der Waals surface area contributed by atoms with Crippen molar-refractivity contribution in [1.29, 1.82) is 0 Å². The van der Waals surface area contributed by atoms with Crippen molar-refractivity contribution in [3.05, 3.63) is 41.6 Å². The van der Waals surface area contributed by atoms with Gasteiger partial charge in [-0.25, -0.2) is 4.68 Å². The number of nitrogens with one attached hydrogen (secondary N) is 2. The summed E-state index contributed by atoms with van der Waals surface area (Å²) in [7, 11) is 0. The van der Waals surface area contributed by atoms with Crippen molar-refractivity contribution in [3.8, 4) is 0 Å². The highest BCUT2D eigenvalue weighted by Crippen LogP contribution is 2.31. The first-order valence-corrected chi connectivity index (χ1v) is 6.87. The second-order valence-corrected chi connectivity index (χ2v) is 4.96. The van der Waals surface area contributed by atoms with Gasteiger partial charge in [-0.05, 0) is 19.4 Å². The van der Waals surface area contributed by atoms with Crippen LogP contribution >= 0.6 is 0 Å². The Balaban J connectivity index is 1.95. The molecule has 0 aliphatic carbocycles. The molecule has 20 heavy (non-hydrogen) atoms. The topological polar surface area (TPSA) is 59.0 Å². The van der Waals surface area contributed by atoms with E-state index in [1.807, 2.05) is 48.9 Å². The molecule has 0 saturated heterocycles. The first kappa shape index (κ1) is 12.7. The largest absolute Gasteiger partial charge is 0.367 e. The Labute approximate surface area is 118 Å². The minimum Gasteiger partial charge on any atom is -0.367 e. The number of carbonyl (C=O) groups is 1. The predicted molar refractivity (Wildman–Crippen MR) is 78.9 cm³/mol. The molecule has 104 valence electrons. The average molecular weight is 270 g/mol. The lowest BCUT2D eigenvalue weighted by atomic mass is 9.98. The Morgan fingerprint density at radius 1 is 1.35 bits per heavy atom. The van der Waals surface area contributed by atoms with Gasteiger partial charge in [0.1, 0.15) is 11.5 Å². The highest BCUT2D eigenvalue weighted by atomic mass is 16.2. The summed E-state index contributed by atoms with van der Waals surface area (Å²) >= 11 is 0. The number of nitrogens with zero attached hydrogens (tertiary/aromatic N) is 2. The molecule has 1 aliphatic heterocycles. The molecule has 0 saturated carbocycles. The quantitative estimate of drug-likeness (QED) is 0.880. The Hall–Kier alpha value is -2.30. The van der Waals surface area contributed by atoms with Crippen molar-refractivity contribution in [2.75, 3.05) is 17.2 Å². The minimum absolute atomic E-state index is 0.0150. The Bertz CT molecular complexity index is 633. The van der Waals surface area contributed by atoms with Crippen molar-refractivity contribution in [2.24, 2.45) is 0 Å². The predicted octanol–water partition coefficient (Wildman–Crippen LogP) is 2.36. The van der Waals surface area contributed by atoms with Crippen LogP contribution in [0.5, 0.6) is 0 Å². The summed E-state index contributed by atoms with van der Waals surface area (Å²) in [4.78, 5) is 12.4. The van der Waals surface area contributed by atoms with E-state index in [9.17, 15) is 4.79 Å². The van der Waals surface area contributed by atoms with Crippen LogP contribution in [0, 0.1) is 6.92 Å². The van der Waals surface area contributed by atoms with Crippen molar-refractivity contribution < 1.29 is 4.79 Å². The lowest BCUT2D eigenvalue weighted by molar-refractivity contribution is -0.117. The molecule has 1 aromatic heterocycles. The summed E-state index contributed by atoms with van der Waals surface area (Å²) < 4.78 is 1.89. The number of rotatable bonds is 2. The molecule has 5 nitrogen and oxygen atoms in total. The standard InChI is InChI=1S/C15H18N4O/c1-3-19-14-13(10(2)18-19)17-15(20)12(9-16-14)11-7-5-4-6-8-11/h4-8,12,16H,3,9H2,1-2H3,(H,17,20). The molecule has 1 amide bonds. The van der Waals surface area contributed by atoms with E-state index < -0.39 is 0 Å². The summed E-state index contributed by atoms with van der Waals surface area (Å²) in [5.41, 5.74) is 2.67. The molecule has 3 rings (SSSR count). The van der Waals surface area contributed by atoms with Crippen LogP contribution in [-0.2, 0) is 11.3 Å². The first-order chi connectivity index (χ1) is 9.70. The van der Waals surface area contributed by atoms with Gasteiger partial charge in [-0.15, -0.1) is 0 Å². The van der Waals surface area contributed by atoms with E-state index in [0.717, 1.165) is 29.3 Å². The zero-order valence-electron chi connectivity index (χ0n) is 11.7. The molecule has 0 fully saturated rings. The van der Waals surface area contributed by atoms with Gasteiger partial charge in [0.2, 0.25) is 5.91 Å². The van der Waals surface area contributed by atoms with Crippen molar-refractivity contribution in [1.82, 2.24) is 9.78 Å². The highest BCUT2D eigenvalue weighted by Gasteiger charge is 2.28. The first-order valence-electron chi connectivity index (χ1n) is 6.87. The maximum atomic E-state index is 12.4. The molecule has 1 aliphatic rings. The zero-order valence-corrected chi connectivity index (χ0v) is 11.7. The Kier molecular flexibility index (Phi) is 3.18. The molecule has 1 unspecified atom stereocenters. The molecular formula is C15H18N4O. The van der Waals surface area contributed by atoms with Gasteiger partial charge in [0.15, 0.2) is 0 Å². The molecule has 2 aromatic rings. The number of hydrogen-bond donors (Lipinski definition) is 2. The fourth-order valence-corrected chi connectivity index (χ4v) is 2.60. The van der Waals surface area contributed by atoms with E-state index in [4.69, 9.17) is 0 Å². The van der Waals surface area contributed by atoms with Gasteiger partial charge in [-0.1, -0.05) is 30.3 Å². The Morgan fingerprint density at radius 3 is 2.80 bits per heavy atom. The minimum atomic E-state index is -0.187. The number of amides is 1. The second kappa shape index (κ2) is 5.00. The van der Waals surface area contributed by atoms with Crippen LogP contribution in [0.25, 0.3) is 0 Å². The van der Waals surface area contributed by atoms with Crippen LogP contribution in [0.4, 0.5) is 11.5 Å². The van der Waals surface area contributed by atoms with Gasteiger partial charge in [0.05, 0.1) is 11.6 Å². The van der Waals surface area contributed by atoms with Gasteiger partial charge < -0.3 is 10.6 Å². The summed E-state index contributed by atoms with van der Waals surface area (Å²) in [6.07, 6.45) is 0. The maximum absolute atomic E-state index is 12.4. The van der Waals surface area contributed by atoms with E-state index in [0.29, 0.717) is 6.54 Å². The van der Waals surface area contributed by atoms with Crippen LogP contribution < -0.4 is 10.6 Å². The summed E-state index contributed by atoms with van der Waals surface area (Å²) in [5.74, 6) is 0.728. The third-order valence-electron chi connectivity index (χ3n) is 3.67. The van der Waals surface area contributed by atoms with Crippen LogP contribution in [0.3, 0.4) is 0 Å². The fraction of sp³-hybridized carbons (Fsp3) is 0.333. The number of fused-ring (bicyclic) bond motifs is 1. The molecule has 2 N–H and O–H groups in total. The summed E-state index contributed by atoms with van der Waals surface area (Å²) in [6, 6.07) is 9.85. The van der Waals surface area contributed by atoms with Gasteiger partial charge in [0, 0.05) is 13.1 Å². The zero-order chi connectivity index (χ0) is 14.1. The van der Waals surface area contributed by atoms with E-state index in [-0.39, 0.29) is 11.8 Å². The van der Waals surface area contributed by atoms with Crippen molar-refractivity contribution in [2.45, 2.75) is 26.3 Å². The second-order valence-electron chi connectivity index (χ2n) is 4.96. The highest BCUT2D eigenvalue weighted by molar-refractivity contribution is 6.00. The molecule has 0 bridgehead atoms. The number of aromatic nitrogens is 2. The van der Waals surface area contributed by atoms with E-state index in [2.05, 4.69) is 15.7 Å². The van der Waals surface area contributed by atoms with Crippen LogP contribution in [0.2, 0.25) is 0 Å². The number of hydrogen-bond acceptors (Lipinski definition) is 3. The number of carbonyl (C=O) groups excluding carboxylic acids is 1. The smallest absolute Gasteiger partial charge is 0.233 e. The Morgan fingerprint density at radius 2 is 2.10 bits per heavy atom. The molecule has 1 atom stereocenters. The van der Waals surface area contributed by atoms with E-state index >= 15 is 0 Å². The van der Waals surface area contributed by atoms with Gasteiger partial charge in [0.25, 0.3) is 0 Å². The van der Waals surface area contributed by atoms with Gasteiger partial charge >= 0.3 is 0 Å². The van der Waals surface area contributed by atoms with Crippen molar-refractivity contribution >= 4 is 17.4 Å². The normalized spacial score (nSPS) is 17.9. The third kappa shape index (κ3) is 2.05. The van der Waals surface area contributed by atoms with Crippen LogP contribution in [-0.4, -0.2) is 22.2 Å². The third-order valence-corrected chi connectivity index (χ3v) is 3.67. The van der Waals surface area contributed by atoms with Crippen LogP contribution in [0.1, 0.15) is 24.1 Å². The number of benzene rings is 1. The lowest BCUT2D eigenvalue weighted by Crippen LogP contribution is -2.24. The monoisotopic (exact) mass is 270 g/mol. The van der Waals surface area contributed by atoms with E-state index in [1.54, 1.807) is 0 Å². The maximum Gasteiger partial charge on any atom is 0.233 e. The number of aryl methyl sites for hydroxylation is 2. The molecule has 1 aromatic carbocycles. The molecule has 0 spiro atoms. The molecule has 0 radical (unpaired) electrons. The van der Waals surface area contributed by atoms with Gasteiger partial charge in [-0.3, -0.25) is 4.79 Å². The van der Waals surface area contributed by atoms with Crippen molar-refractivity contribution in [3.63, 3.8) is 0 Å². The molecular weight excluding hydrogens is 252 g/mol.